The summed E-state index contributed by atoms with van der Waals surface area (Å²) in [7, 11) is 6.86. The van der Waals surface area contributed by atoms with Gasteiger partial charge in [-0.3, -0.25) is 4.98 Å². The van der Waals surface area contributed by atoms with E-state index in [4.69, 9.17) is 18.9 Å². The molecule has 12 nitrogen and oxygen atoms in total. The summed E-state index contributed by atoms with van der Waals surface area (Å²) in [4.78, 5) is 32.7. The summed E-state index contributed by atoms with van der Waals surface area (Å²) in [6.07, 6.45) is 4.21. The highest BCUT2D eigenvalue weighted by atomic mass is 16.6. The Kier molecular flexibility index (Phi) is 9.37. The minimum atomic E-state index is -0.657. The van der Waals surface area contributed by atoms with Gasteiger partial charge in [0.15, 0.2) is 0 Å². The predicted molar refractivity (Wildman–Crippen MR) is 164 cm³/mol. The number of rotatable bonds is 10. The maximum atomic E-state index is 13.6. The molecule has 1 amide bonds. The van der Waals surface area contributed by atoms with Crippen LogP contribution in [-0.2, 0) is 11.3 Å². The summed E-state index contributed by atoms with van der Waals surface area (Å²) < 4.78 is 22.4. The highest BCUT2D eigenvalue weighted by molar-refractivity contribution is 5.97. The number of piperazine rings is 1. The molecule has 2 aromatic carbocycles. The van der Waals surface area contributed by atoms with Crippen LogP contribution < -0.4 is 29.3 Å². The topological polar surface area (TPSA) is 114 Å². The smallest absolute Gasteiger partial charge is 0.420 e. The first-order chi connectivity index (χ1) is 21.0. The Morgan fingerprint density at radius 2 is 1.74 bits per heavy atom. The molecule has 0 atom stereocenters. The molecule has 4 aromatic rings. The Labute approximate surface area is 250 Å². The number of aromatic nitrogens is 3. The third-order valence-corrected chi connectivity index (χ3v) is 7.05. The SMILES string of the molecule is COc1ccc(N(C(=O)OCc2cccnc2)c2ccnc(Nc3ccc(N4CCN(C)CC4)c(OC)c3)n2)c(OC)c1. The number of nitrogens with one attached hydrogen (secondary N) is 1. The van der Waals surface area contributed by atoms with Crippen LogP contribution in [0.25, 0.3) is 0 Å². The number of carbonyl (C=O) groups excluding carboxylic acids is 1. The second-order valence-electron chi connectivity index (χ2n) is 9.83. The first-order valence-corrected chi connectivity index (χ1v) is 13.8. The van der Waals surface area contributed by atoms with E-state index in [0.29, 0.717) is 17.2 Å². The Bertz CT molecular complexity index is 1530. The van der Waals surface area contributed by atoms with E-state index in [1.54, 1.807) is 63.1 Å². The van der Waals surface area contributed by atoms with E-state index in [9.17, 15) is 4.79 Å². The van der Waals surface area contributed by atoms with Crippen LogP contribution in [0.5, 0.6) is 17.2 Å². The van der Waals surface area contributed by atoms with Crippen molar-refractivity contribution in [3.8, 4) is 17.2 Å². The zero-order valence-electron chi connectivity index (χ0n) is 24.7. The molecule has 0 unspecified atom stereocenters. The van der Waals surface area contributed by atoms with Gasteiger partial charge in [0.2, 0.25) is 5.95 Å². The molecule has 5 rings (SSSR count). The van der Waals surface area contributed by atoms with E-state index < -0.39 is 6.09 Å². The molecule has 12 heteroatoms. The molecule has 43 heavy (non-hydrogen) atoms. The minimum Gasteiger partial charge on any atom is -0.497 e. The fourth-order valence-corrected chi connectivity index (χ4v) is 4.71. The van der Waals surface area contributed by atoms with E-state index in [1.165, 1.54) is 12.0 Å². The third kappa shape index (κ3) is 7.04. The summed E-state index contributed by atoms with van der Waals surface area (Å²) in [5, 5.41) is 3.24. The van der Waals surface area contributed by atoms with Crippen molar-refractivity contribution in [2.45, 2.75) is 6.61 Å². The van der Waals surface area contributed by atoms with Gasteiger partial charge in [0.1, 0.15) is 29.7 Å². The number of carbonyl (C=O) groups is 1. The second kappa shape index (κ2) is 13.7. The molecule has 3 heterocycles. The van der Waals surface area contributed by atoms with Gasteiger partial charge in [-0.25, -0.2) is 14.7 Å². The zero-order valence-corrected chi connectivity index (χ0v) is 24.7. The first kappa shape index (κ1) is 29.4. The molecule has 1 aliphatic rings. The van der Waals surface area contributed by atoms with E-state index in [1.807, 2.05) is 24.3 Å². The molecule has 2 aromatic heterocycles. The number of anilines is 5. The maximum absolute atomic E-state index is 13.6. The average molecular weight is 586 g/mol. The van der Waals surface area contributed by atoms with Crippen molar-refractivity contribution in [3.63, 3.8) is 0 Å². The van der Waals surface area contributed by atoms with Gasteiger partial charge in [0.25, 0.3) is 0 Å². The van der Waals surface area contributed by atoms with Gasteiger partial charge in [-0.05, 0) is 37.4 Å². The van der Waals surface area contributed by atoms with Crippen LogP contribution in [0.3, 0.4) is 0 Å². The Hall–Kier alpha value is -5.10. The summed E-state index contributed by atoms with van der Waals surface area (Å²) in [5.74, 6) is 2.27. The van der Waals surface area contributed by atoms with E-state index in [0.717, 1.165) is 48.9 Å². The quantitative estimate of drug-likeness (QED) is 0.275. The van der Waals surface area contributed by atoms with Crippen LogP contribution in [0, 0.1) is 0 Å². The van der Waals surface area contributed by atoms with Crippen molar-refractivity contribution >= 4 is 34.9 Å². The molecular weight excluding hydrogens is 550 g/mol. The lowest BCUT2D eigenvalue weighted by atomic mass is 10.2. The Morgan fingerprint density at radius 1 is 0.930 bits per heavy atom. The largest absolute Gasteiger partial charge is 0.497 e. The number of amides is 1. The van der Waals surface area contributed by atoms with Gasteiger partial charge < -0.3 is 34.1 Å². The minimum absolute atomic E-state index is 0.0251. The molecule has 1 N–H and O–H groups in total. The molecule has 0 radical (unpaired) electrons. The van der Waals surface area contributed by atoms with E-state index in [2.05, 4.69) is 37.1 Å². The van der Waals surface area contributed by atoms with Gasteiger partial charge in [-0.15, -0.1) is 0 Å². The van der Waals surface area contributed by atoms with E-state index in [-0.39, 0.29) is 18.4 Å². The van der Waals surface area contributed by atoms with Crippen molar-refractivity contribution in [2.75, 3.05) is 69.7 Å². The van der Waals surface area contributed by atoms with Crippen molar-refractivity contribution in [2.24, 2.45) is 0 Å². The second-order valence-corrected chi connectivity index (χ2v) is 9.83. The fraction of sp³-hybridized carbons (Fsp3) is 0.290. The van der Waals surface area contributed by atoms with E-state index >= 15 is 0 Å². The predicted octanol–water partition coefficient (Wildman–Crippen LogP) is 4.87. The maximum Gasteiger partial charge on any atom is 0.420 e. The lowest BCUT2D eigenvalue weighted by molar-refractivity contribution is 0.149. The zero-order chi connectivity index (χ0) is 30.2. The molecule has 224 valence electrons. The molecule has 0 saturated carbocycles. The van der Waals surface area contributed by atoms with Gasteiger partial charge in [0.05, 0.1) is 32.7 Å². The number of ether oxygens (including phenoxy) is 4. The van der Waals surface area contributed by atoms with Crippen molar-refractivity contribution in [1.82, 2.24) is 19.9 Å². The lowest BCUT2D eigenvalue weighted by Crippen LogP contribution is -2.44. The number of hydrogen-bond donors (Lipinski definition) is 1. The number of hydrogen-bond acceptors (Lipinski definition) is 11. The van der Waals surface area contributed by atoms with Crippen molar-refractivity contribution < 1.29 is 23.7 Å². The van der Waals surface area contributed by atoms with Crippen LogP contribution >= 0.6 is 0 Å². The normalized spacial score (nSPS) is 13.3. The van der Waals surface area contributed by atoms with Crippen LogP contribution in [0.15, 0.2) is 73.2 Å². The van der Waals surface area contributed by atoms with Gasteiger partial charge in [-0.2, -0.15) is 4.98 Å². The molecular formula is C31H35N7O5. The number of nitrogens with zero attached hydrogens (tertiary/aromatic N) is 6. The van der Waals surface area contributed by atoms with Gasteiger partial charge in [-0.1, -0.05) is 6.07 Å². The highest BCUT2D eigenvalue weighted by Crippen LogP contribution is 2.37. The van der Waals surface area contributed by atoms with Crippen molar-refractivity contribution in [1.29, 1.82) is 0 Å². The monoisotopic (exact) mass is 585 g/mol. The van der Waals surface area contributed by atoms with Crippen LogP contribution in [0.2, 0.25) is 0 Å². The summed E-state index contributed by atoms with van der Waals surface area (Å²) in [6, 6.07) is 16.3. The first-order valence-electron chi connectivity index (χ1n) is 13.8. The fourth-order valence-electron chi connectivity index (χ4n) is 4.71. The van der Waals surface area contributed by atoms with Gasteiger partial charge >= 0.3 is 6.09 Å². The third-order valence-electron chi connectivity index (χ3n) is 7.05. The highest BCUT2D eigenvalue weighted by Gasteiger charge is 2.26. The lowest BCUT2D eigenvalue weighted by Gasteiger charge is -2.34. The van der Waals surface area contributed by atoms with Crippen LogP contribution in [-0.4, -0.2) is 80.5 Å². The number of likely N-dealkylation sites (N-methyl/N-ethyl adjacent to an activating group) is 1. The average Bonchev–Trinajstić information content (AvgIpc) is 3.05. The van der Waals surface area contributed by atoms with Crippen LogP contribution in [0.1, 0.15) is 5.56 Å². The number of methoxy groups -OCH3 is 3. The molecule has 1 aliphatic heterocycles. The summed E-state index contributed by atoms with van der Waals surface area (Å²) in [6.45, 7) is 3.85. The summed E-state index contributed by atoms with van der Waals surface area (Å²) >= 11 is 0. The molecule has 1 saturated heterocycles. The Morgan fingerprint density at radius 3 is 2.47 bits per heavy atom. The van der Waals surface area contributed by atoms with Gasteiger partial charge in [0, 0.05) is 74.2 Å². The number of pyridine rings is 1. The summed E-state index contributed by atoms with van der Waals surface area (Å²) in [5.41, 5.74) is 2.93. The molecule has 0 spiro atoms. The van der Waals surface area contributed by atoms with Crippen molar-refractivity contribution in [3.05, 3.63) is 78.8 Å². The molecule has 0 aliphatic carbocycles. The Balaban J connectivity index is 1.43. The standard InChI is InChI=1S/C31H35N7O5/c1-36-14-16-37(17-15-36)25-9-7-23(18-27(25)41-3)34-30-33-13-11-29(35-30)38(26-10-8-24(40-2)19-28(26)42-4)31(39)43-21-22-6-5-12-32-20-22/h5-13,18-20H,14-17,21H2,1-4H3,(H,33,34,35). The number of benzene rings is 2. The molecule has 1 fully saturated rings. The molecule has 0 bridgehead atoms. The van der Waals surface area contributed by atoms with Crippen LogP contribution in [0.4, 0.5) is 33.6 Å².